The van der Waals surface area contributed by atoms with E-state index in [1.54, 1.807) is 18.2 Å². The van der Waals surface area contributed by atoms with Crippen LogP contribution in [0, 0.1) is 5.92 Å². The number of nitrogens with zero attached hydrogens (tertiary/aromatic N) is 1. The van der Waals surface area contributed by atoms with Crippen molar-refractivity contribution in [1.29, 1.82) is 0 Å². The van der Waals surface area contributed by atoms with Crippen LogP contribution >= 0.6 is 23.2 Å². The molecule has 1 N–H and O–H groups in total. The van der Waals surface area contributed by atoms with Gasteiger partial charge in [0.1, 0.15) is 5.75 Å². The van der Waals surface area contributed by atoms with Crippen molar-refractivity contribution in [2.45, 2.75) is 39.5 Å². The summed E-state index contributed by atoms with van der Waals surface area (Å²) in [6.07, 6.45) is 4.58. The number of benzene rings is 2. The van der Waals surface area contributed by atoms with Crippen LogP contribution in [0.15, 0.2) is 47.5 Å². The van der Waals surface area contributed by atoms with Crippen molar-refractivity contribution in [1.82, 2.24) is 0 Å². The van der Waals surface area contributed by atoms with Gasteiger partial charge in [-0.2, -0.15) is 0 Å². The van der Waals surface area contributed by atoms with Gasteiger partial charge in [0.2, 0.25) is 0 Å². The fraction of sp³-hybridized carbons (Fsp3) is 0.381. The molecule has 0 amide bonds. The summed E-state index contributed by atoms with van der Waals surface area (Å²) in [5.74, 6) is 0.694. The molecule has 2 aromatic rings. The molecule has 0 saturated heterocycles. The zero-order chi connectivity index (χ0) is 18.2. The molecule has 0 fully saturated rings. The smallest absolute Gasteiger partial charge is 0.125 e. The summed E-state index contributed by atoms with van der Waals surface area (Å²) in [5.41, 5.74) is 2.13. The zero-order valence-electron chi connectivity index (χ0n) is 14.8. The molecule has 0 aromatic heterocycles. The Morgan fingerprint density at radius 2 is 1.68 bits per heavy atom. The van der Waals surface area contributed by atoms with Gasteiger partial charge in [-0.05, 0) is 43.0 Å². The van der Waals surface area contributed by atoms with E-state index in [0.29, 0.717) is 33.8 Å². The lowest BCUT2D eigenvalue weighted by molar-refractivity contribution is 0.451. The second-order valence-electron chi connectivity index (χ2n) is 6.27. The molecule has 25 heavy (non-hydrogen) atoms. The monoisotopic (exact) mass is 377 g/mol. The summed E-state index contributed by atoms with van der Waals surface area (Å²) in [4.78, 5) is 4.88. The van der Waals surface area contributed by atoms with Crippen molar-refractivity contribution in [3.05, 3.63) is 63.6 Å². The minimum absolute atomic E-state index is 0.158. The lowest BCUT2D eigenvalue weighted by Gasteiger charge is -2.16. The average Bonchev–Trinajstić information content (AvgIpc) is 2.59. The van der Waals surface area contributed by atoms with E-state index in [2.05, 4.69) is 13.8 Å². The first kappa shape index (κ1) is 19.8. The first-order chi connectivity index (χ1) is 12.1. The Balaban J connectivity index is 2.47. The van der Waals surface area contributed by atoms with Crippen molar-refractivity contribution < 1.29 is 5.11 Å². The molecule has 0 aliphatic heterocycles. The summed E-state index contributed by atoms with van der Waals surface area (Å²) in [5, 5.41) is 11.5. The average molecular weight is 378 g/mol. The van der Waals surface area contributed by atoms with E-state index in [0.717, 1.165) is 31.2 Å². The number of aliphatic imine (C=N–C) groups is 1. The number of phenols is 1. The molecule has 0 aliphatic rings. The minimum atomic E-state index is 0.158. The second-order valence-corrected chi connectivity index (χ2v) is 7.12. The Kier molecular flexibility index (Phi) is 7.80. The van der Waals surface area contributed by atoms with E-state index < -0.39 is 0 Å². The molecule has 2 aromatic carbocycles. The van der Waals surface area contributed by atoms with Crippen LogP contribution in [-0.2, 0) is 0 Å². The number of halogens is 2. The van der Waals surface area contributed by atoms with Crippen LogP contribution in [0.2, 0.25) is 10.0 Å². The molecular formula is C21H25Cl2NO. The Morgan fingerprint density at radius 3 is 2.32 bits per heavy atom. The van der Waals surface area contributed by atoms with Crippen molar-refractivity contribution in [3.8, 4) is 5.75 Å². The SMILES string of the molecule is CCCC(CCC)CN=C(c1cc(Cl)ccc1O)c1ccccc1Cl. The summed E-state index contributed by atoms with van der Waals surface area (Å²) in [6.45, 7) is 5.11. The molecule has 0 atom stereocenters. The maximum absolute atomic E-state index is 10.3. The molecule has 0 unspecified atom stereocenters. The predicted octanol–water partition coefficient (Wildman–Crippen LogP) is 6.75. The van der Waals surface area contributed by atoms with Gasteiger partial charge in [0.15, 0.2) is 0 Å². The van der Waals surface area contributed by atoms with Crippen molar-refractivity contribution in [2.75, 3.05) is 6.54 Å². The fourth-order valence-corrected chi connectivity index (χ4v) is 3.43. The Hall–Kier alpha value is -1.51. The number of hydrogen-bond acceptors (Lipinski definition) is 2. The third kappa shape index (κ3) is 5.49. The summed E-state index contributed by atoms with van der Waals surface area (Å²) < 4.78 is 0. The maximum atomic E-state index is 10.3. The predicted molar refractivity (Wildman–Crippen MR) is 108 cm³/mol. The van der Waals surface area contributed by atoms with Gasteiger partial charge in [0.25, 0.3) is 0 Å². The van der Waals surface area contributed by atoms with Gasteiger partial charge >= 0.3 is 0 Å². The first-order valence-corrected chi connectivity index (χ1v) is 9.60. The topological polar surface area (TPSA) is 32.6 Å². The van der Waals surface area contributed by atoms with E-state index in [-0.39, 0.29) is 5.75 Å². The van der Waals surface area contributed by atoms with Crippen LogP contribution in [0.3, 0.4) is 0 Å². The number of hydrogen-bond donors (Lipinski definition) is 1. The van der Waals surface area contributed by atoms with Crippen LogP contribution in [-0.4, -0.2) is 17.4 Å². The third-order valence-electron chi connectivity index (χ3n) is 4.24. The second kappa shape index (κ2) is 9.84. The van der Waals surface area contributed by atoms with Crippen molar-refractivity contribution in [2.24, 2.45) is 10.9 Å². The van der Waals surface area contributed by atoms with Gasteiger partial charge < -0.3 is 5.11 Å². The molecule has 0 spiro atoms. The van der Waals surface area contributed by atoms with E-state index in [4.69, 9.17) is 28.2 Å². The molecule has 2 rings (SSSR count). The lowest BCUT2D eigenvalue weighted by atomic mass is 9.97. The zero-order valence-corrected chi connectivity index (χ0v) is 16.3. The Bertz CT molecular complexity index is 722. The highest BCUT2D eigenvalue weighted by Gasteiger charge is 2.16. The van der Waals surface area contributed by atoms with Gasteiger partial charge in [-0.1, -0.05) is 68.1 Å². The molecule has 134 valence electrons. The van der Waals surface area contributed by atoms with Crippen LogP contribution in [0.1, 0.15) is 50.7 Å². The summed E-state index contributed by atoms with van der Waals surface area (Å²) in [6, 6.07) is 12.6. The number of rotatable bonds is 8. The van der Waals surface area contributed by atoms with Crippen LogP contribution in [0.5, 0.6) is 5.75 Å². The minimum Gasteiger partial charge on any atom is -0.507 e. The van der Waals surface area contributed by atoms with Crippen molar-refractivity contribution >= 4 is 28.9 Å². The molecule has 0 heterocycles. The molecular weight excluding hydrogens is 353 g/mol. The highest BCUT2D eigenvalue weighted by atomic mass is 35.5. The van der Waals surface area contributed by atoms with Crippen LogP contribution < -0.4 is 0 Å². The molecule has 0 aliphatic carbocycles. The van der Waals surface area contributed by atoms with Gasteiger partial charge in [-0.25, -0.2) is 0 Å². The van der Waals surface area contributed by atoms with Gasteiger partial charge in [0.05, 0.1) is 5.71 Å². The lowest BCUT2D eigenvalue weighted by Crippen LogP contribution is -2.10. The number of aromatic hydroxyl groups is 1. The molecule has 2 nitrogen and oxygen atoms in total. The normalized spacial score (nSPS) is 12.0. The number of phenolic OH excluding ortho intramolecular Hbond substituents is 1. The van der Waals surface area contributed by atoms with Crippen LogP contribution in [0.25, 0.3) is 0 Å². The third-order valence-corrected chi connectivity index (χ3v) is 4.81. The highest BCUT2D eigenvalue weighted by Crippen LogP contribution is 2.28. The maximum Gasteiger partial charge on any atom is 0.125 e. The van der Waals surface area contributed by atoms with Gasteiger partial charge in [-0.3, -0.25) is 4.99 Å². The molecule has 0 saturated carbocycles. The van der Waals surface area contributed by atoms with E-state index in [1.165, 1.54) is 0 Å². The van der Waals surface area contributed by atoms with Crippen molar-refractivity contribution in [3.63, 3.8) is 0 Å². The molecule has 4 heteroatoms. The Morgan fingerprint density at radius 1 is 1.00 bits per heavy atom. The highest BCUT2D eigenvalue weighted by molar-refractivity contribution is 6.36. The molecule has 0 bridgehead atoms. The van der Waals surface area contributed by atoms with Gasteiger partial charge in [-0.15, -0.1) is 0 Å². The van der Waals surface area contributed by atoms with E-state index >= 15 is 0 Å². The standard InChI is InChI=1S/C21H25Cl2NO/c1-3-7-15(8-4-2)14-24-21(17-9-5-6-10-19(17)23)18-13-16(22)11-12-20(18)25/h5-6,9-13,15,25H,3-4,7-8,14H2,1-2H3. The Labute approximate surface area is 160 Å². The van der Waals surface area contributed by atoms with E-state index in [9.17, 15) is 5.11 Å². The molecule has 0 radical (unpaired) electrons. The summed E-state index contributed by atoms with van der Waals surface area (Å²) in [7, 11) is 0. The van der Waals surface area contributed by atoms with Crippen LogP contribution in [0.4, 0.5) is 0 Å². The quantitative estimate of drug-likeness (QED) is 0.506. The fourth-order valence-electron chi connectivity index (χ4n) is 3.03. The summed E-state index contributed by atoms with van der Waals surface area (Å²) >= 11 is 12.6. The largest absolute Gasteiger partial charge is 0.507 e. The van der Waals surface area contributed by atoms with Gasteiger partial charge in [0, 0.05) is 27.7 Å². The first-order valence-electron chi connectivity index (χ1n) is 8.85. The van der Waals surface area contributed by atoms with E-state index in [1.807, 2.05) is 24.3 Å².